The van der Waals surface area contributed by atoms with Gasteiger partial charge in [-0.1, -0.05) is 36.4 Å². The molecule has 2 aromatic rings. The van der Waals surface area contributed by atoms with Crippen molar-refractivity contribution in [1.29, 1.82) is 0 Å². The van der Waals surface area contributed by atoms with Gasteiger partial charge in [0.05, 0.1) is 18.7 Å². The minimum atomic E-state index is -0.409. The number of hydrogen-bond donors (Lipinski definition) is 1. The van der Waals surface area contributed by atoms with E-state index >= 15 is 0 Å². The molecule has 2 atom stereocenters. The van der Waals surface area contributed by atoms with E-state index < -0.39 is 6.04 Å². The smallest absolute Gasteiger partial charge is 0.327 e. The predicted molar refractivity (Wildman–Crippen MR) is 133 cm³/mol. The Morgan fingerprint density at radius 3 is 2.37 bits per heavy atom. The third kappa shape index (κ3) is 5.89. The van der Waals surface area contributed by atoms with E-state index in [4.69, 9.17) is 9.47 Å². The van der Waals surface area contributed by atoms with Crippen LogP contribution in [0.4, 0.5) is 0 Å². The van der Waals surface area contributed by atoms with Gasteiger partial charge in [0, 0.05) is 57.7 Å². The summed E-state index contributed by atoms with van der Waals surface area (Å²) in [6.45, 7) is 6.94. The van der Waals surface area contributed by atoms with Gasteiger partial charge in [0.1, 0.15) is 6.04 Å². The van der Waals surface area contributed by atoms with Crippen LogP contribution in [0.15, 0.2) is 54.7 Å². The molecule has 1 N–H and O–H groups in total. The van der Waals surface area contributed by atoms with Gasteiger partial charge in [0.25, 0.3) is 0 Å². The molecule has 8 nitrogen and oxygen atoms in total. The second kappa shape index (κ2) is 11.7. The Bertz CT molecular complexity index is 958. The maximum absolute atomic E-state index is 13.0. The molecule has 0 bridgehead atoms. The third-order valence-corrected chi connectivity index (χ3v) is 7.43. The van der Waals surface area contributed by atoms with Crippen LogP contribution in [0.3, 0.4) is 0 Å². The summed E-state index contributed by atoms with van der Waals surface area (Å²) in [5.41, 5.74) is 1.57. The number of nitrogens with one attached hydrogen (secondary N) is 1. The van der Waals surface area contributed by atoms with Crippen molar-refractivity contribution < 1.29 is 19.1 Å². The zero-order valence-corrected chi connectivity index (χ0v) is 20.7. The average Bonchev–Trinajstić information content (AvgIpc) is 2.93. The maximum Gasteiger partial charge on any atom is 0.327 e. The number of hydrogen-bond acceptors (Lipinski definition) is 7. The number of nitrogens with zero attached hydrogens (tertiary/aromatic N) is 3. The molecule has 3 heterocycles. The molecule has 0 spiro atoms. The Morgan fingerprint density at radius 2 is 1.74 bits per heavy atom. The molecule has 2 saturated heterocycles. The minimum Gasteiger partial charge on any atom is -0.468 e. The molecule has 8 heteroatoms. The zero-order valence-electron chi connectivity index (χ0n) is 20.7. The molecular formula is C27H36N4O4. The van der Waals surface area contributed by atoms with Crippen molar-refractivity contribution >= 4 is 11.9 Å². The number of ether oxygens (including phenoxy) is 2. The van der Waals surface area contributed by atoms with Gasteiger partial charge in [-0.2, -0.15) is 0 Å². The van der Waals surface area contributed by atoms with Gasteiger partial charge in [0.2, 0.25) is 5.91 Å². The fourth-order valence-electron chi connectivity index (χ4n) is 5.22. The van der Waals surface area contributed by atoms with E-state index in [-0.39, 0.29) is 23.3 Å². The molecule has 2 unspecified atom stereocenters. The van der Waals surface area contributed by atoms with Gasteiger partial charge in [0.15, 0.2) is 0 Å². The lowest BCUT2D eigenvalue weighted by Gasteiger charge is -2.50. The summed E-state index contributed by atoms with van der Waals surface area (Å²) >= 11 is 0. The summed E-state index contributed by atoms with van der Waals surface area (Å²) in [7, 11) is 1.44. The van der Waals surface area contributed by atoms with Crippen molar-refractivity contribution in [3.8, 4) is 0 Å². The zero-order chi connectivity index (χ0) is 24.7. The predicted octanol–water partition coefficient (Wildman–Crippen LogP) is 2.38. The molecule has 4 rings (SSSR count). The fourth-order valence-corrected chi connectivity index (χ4v) is 5.22. The highest BCUT2D eigenvalue weighted by Crippen LogP contribution is 2.31. The highest BCUT2D eigenvalue weighted by atomic mass is 16.5. The number of pyridine rings is 1. The van der Waals surface area contributed by atoms with Crippen molar-refractivity contribution in [1.82, 2.24) is 20.1 Å². The number of aromatic nitrogens is 1. The van der Waals surface area contributed by atoms with Crippen LogP contribution >= 0.6 is 0 Å². The maximum atomic E-state index is 13.0. The van der Waals surface area contributed by atoms with Gasteiger partial charge < -0.3 is 14.8 Å². The first-order chi connectivity index (χ1) is 17.0. The van der Waals surface area contributed by atoms with E-state index in [2.05, 4.69) is 20.1 Å². The van der Waals surface area contributed by atoms with E-state index in [1.807, 2.05) is 55.5 Å². The van der Waals surface area contributed by atoms with Crippen LogP contribution in [0, 0.1) is 0 Å². The van der Waals surface area contributed by atoms with Crippen molar-refractivity contribution in [3.05, 3.63) is 66.0 Å². The number of rotatable bonds is 8. The number of piperazine rings is 1. The lowest BCUT2D eigenvalue weighted by atomic mass is 9.86. The van der Waals surface area contributed by atoms with Crippen LogP contribution in [-0.2, 0) is 19.1 Å². The Labute approximate surface area is 207 Å². The van der Waals surface area contributed by atoms with Crippen molar-refractivity contribution in [3.63, 3.8) is 0 Å². The van der Waals surface area contributed by atoms with Crippen molar-refractivity contribution in [2.45, 2.75) is 37.3 Å². The number of carbonyl (C=O) groups excluding carboxylic acids is 2. The Morgan fingerprint density at radius 1 is 1.06 bits per heavy atom. The Balaban J connectivity index is 1.42. The summed E-state index contributed by atoms with van der Waals surface area (Å²) in [6.07, 6.45) is 3.45. The first-order valence-electron chi connectivity index (χ1n) is 12.4. The standard InChI is InChI=1S/C27H36N4O4/c1-21(23-10-6-7-13-28-23)25(32)29-20-27(11-18-35-19-12-27)31-16-14-30(15-17-31)24(26(33)34-2)22-8-4-3-5-9-22/h3-10,13,21,24H,11-12,14-20H2,1-2H3,(H,29,32). The Hall–Kier alpha value is -2.81. The second-order valence-corrected chi connectivity index (χ2v) is 9.39. The van der Waals surface area contributed by atoms with Crippen LogP contribution in [0.1, 0.15) is 43.0 Å². The number of amides is 1. The van der Waals surface area contributed by atoms with E-state index in [9.17, 15) is 9.59 Å². The molecule has 2 fully saturated rings. The number of esters is 1. The van der Waals surface area contributed by atoms with Gasteiger partial charge in [-0.15, -0.1) is 0 Å². The highest BCUT2D eigenvalue weighted by Gasteiger charge is 2.42. The summed E-state index contributed by atoms with van der Waals surface area (Å²) < 4.78 is 10.8. The minimum absolute atomic E-state index is 0.0111. The van der Waals surface area contributed by atoms with Crippen LogP contribution in [-0.4, -0.2) is 85.2 Å². The van der Waals surface area contributed by atoms with Gasteiger partial charge in [-0.3, -0.25) is 19.6 Å². The molecular weight excluding hydrogens is 444 g/mol. The van der Waals surface area contributed by atoms with Crippen LogP contribution in [0.2, 0.25) is 0 Å². The van der Waals surface area contributed by atoms with Gasteiger partial charge in [-0.05, 0) is 37.5 Å². The molecule has 0 aliphatic carbocycles. The quantitative estimate of drug-likeness (QED) is 0.581. The van der Waals surface area contributed by atoms with Crippen LogP contribution in [0.5, 0.6) is 0 Å². The highest BCUT2D eigenvalue weighted by molar-refractivity contribution is 5.82. The monoisotopic (exact) mass is 480 g/mol. The van der Waals surface area contributed by atoms with Crippen molar-refractivity contribution in [2.75, 3.05) is 53.0 Å². The fraction of sp³-hybridized carbons (Fsp3) is 0.519. The molecule has 1 aromatic carbocycles. The molecule has 0 radical (unpaired) electrons. The first kappa shape index (κ1) is 25.3. The molecule has 35 heavy (non-hydrogen) atoms. The van der Waals surface area contributed by atoms with E-state index in [0.29, 0.717) is 19.8 Å². The van der Waals surface area contributed by atoms with Crippen molar-refractivity contribution in [2.24, 2.45) is 0 Å². The first-order valence-corrected chi connectivity index (χ1v) is 12.4. The van der Waals surface area contributed by atoms with Gasteiger partial charge >= 0.3 is 5.97 Å². The van der Waals surface area contributed by atoms with Crippen LogP contribution < -0.4 is 5.32 Å². The lowest BCUT2D eigenvalue weighted by molar-refractivity contribution is -0.149. The van der Waals surface area contributed by atoms with Gasteiger partial charge in [-0.25, -0.2) is 4.79 Å². The molecule has 0 saturated carbocycles. The SMILES string of the molecule is COC(=O)C(c1ccccc1)N1CCN(C2(CNC(=O)C(C)c3ccccn3)CCOCC2)CC1. The van der Waals surface area contributed by atoms with Crippen LogP contribution in [0.25, 0.3) is 0 Å². The molecule has 188 valence electrons. The third-order valence-electron chi connectivity index (χ3n) is 7.43. The number of benzene rings is 1. The number of carbonyl (C=O) groups is 2. The summed E-state index contributed by atoms with van der Waals surface area (Å²) in [6, 6.07) is 15.0. The van der Waals surface area contributed by atoms with E-state index in [1.165, 1.54) is 7.11 Å². The van der Waals surface area contributed by atoms with E-state index in [1.54, 1.807) is 6.20 Å². The average molecular weight is 481 g/mol. The second-order valence-electron chi connectivity index (χ2n) is 9.39. The largest absolute Gasteiger partial charge is 0.468 e. The summed E-state index contributed by atoms with van der Waals surface area (Å²) in [5, 5.41) is 3.21. The summed E-state index contributed by atoms with van der Waals surface area (Å²) in [5.74, 6) is -0.555. The summed E-state index contributed by atoms with van der Waals surface area (Å²) in [4.78, 5) is 34.6. The van der Waals surface area contributed by atoms with E-state index in [0.717, 1.165) is 50.3 Å². The Kier molecular flexibility index (Phi) is 8.49. The molecule has 1 amide bonds. The number of methoxy groups -OCH3 is 1. The normalized spacial score (nSPS) is 20.5. The topological polar surface area (TPSA) is 84.0 Å². The lowest BCUT2D eigenvalue weighted by Crippen LogP contribution is -2.63. The molecule has 1 aromatic heterocycles. The molecule has 2 aliphatic heterocycles. The molecule has 2 aliphatic rings.